The number of aliphatic hydroxyl groups is 1. The number of benzene rings is 1. The van der Waals surface area contributed by atoms with Gasteiger partial charge in [-0.15, -0.1) is 0 Å². The monoisotopic (exact) mass is 346 g/mol. The molecule has 3 atom stereocenters. The van der Waals surface area contributed by atoms with Gasteiger partial charge in [-0.1, -0.05) is 18.6 Å². The van der Waals surface area contributed by atoms with E-state index in [-0.39, 0.29) is 23.9 Å². The number of oxazole rings is 1. The van der Waals surface area contributed by atoms with E-state index in [0.29, 0.717) is 37.0 Å². The second-order valence-corrected chi connectivity index (χ2v) is 6.90. The van der Waals surface area contributed by atoms with Crippen molar-refractivity contribution in [3.8, 4) is 11.3 Å². The molecule has 0 bridgehead atoms. The third-order valence-electron chi connectivity index (χ3n) is 5.31. The standard InChI is InChI=1S/C19H23FN2O3/c20-14-4-1-3-13(9-14)18-10-21-19(25-18)11-22-7-8-24-12-16(22)15-5-2-6-17(15)23/h1,3-4,9-10,15-17,23H,2,5-8,11-12H2. The Morgan fingerprint density at radius 1 is 1.32 bits per heavy atom. The first-order chi connectivity index (χ1) is 12.2. The Labute approximate surface area is 146 Å². The molecular weight excluding hydrogens is 323 g/mol. The van der Waals surface area contributed by atoms with Gasteiger partial charge < -0.3 is 14.3 Å². The van der Waals surface area contributed by atoms with Gasteiger partial charge >= 0.3 is 0 Å². The van der Waals surface area contributed by atoms with E-state index in [1.165, 1.54) is 12.1 Å². The van der Waals surface area contributed by atoms with Crippen LogP contribution in [0, 0.1) is 11.7 Å². The maximum Gasteiger partial charge on any atom is 0.209 e. The van der Waals surface area contributed by atoms with Crippen molar-refractivity contribution in [2.45, 2.75) is 38.0 Å². The average molecular weight is 346 g/mol. The Bertz CT molecular complexity index is 720. The number of halogens is 1. The molecule has 1 saturated carbocycles. The molecule has 2 aliphatic rings. The van der Waals surface area contributed by atoms with Crippen molar-refractivity contribution < 1.29 is 18.7 Å². The first-order valence-electron chi connectivity index (χ1n) is 8.91. The van der Waals surface area contributed by atoms with Crippen LogP contribution < -0.4 is 0 Å². The fourth-order valence-corrected chi connectivity index (χ4v) is 4.00. The predicted molar refractivity (Wildman–Crippen MR) is 90.3 cm³/mol. The van der Waals surface area contributed by atoms with Gasteiger partial charge in [0.05, 0.1) is 32.1 Å². The molecule has 6 heteroatoms. The smallest absolute Gasteiger partial charge is 0.209 e. The van der Waals surface area contributed by atoms with Crippen LogP contribution in [0.1, 0.15) is 25.2 Å². The summed E-state index contributed by atoms with van der Waals surface area (Å²) in [6, 6.07) is 6.50. The van der Waals surface area contributed by atoms with Crippen LogP contribution >= 0.6 is 0 Å². The lowest BCUT2D eigenvalue weighted by Crippen LogP contribution is -2.50. The highest BCUT2D eigenvalue weighted by atomic mass is 19.1. The van der Waals surface area contributed by atoms with Crippen LogP contribution in [0.2, 0.25) is 0 Å². The summed E-state index contributed by atoms with van der Waals surface area (Å²) in [5.41, 5.74) is 0.684. The molecule has 1 saturated heterocycles. The Hall–Kier alpha value is -1.76. The van der Waals surface area contributed by atoms with E-state index in [0.717, 1.165) is 25.8 Å². The number of ether oxygens (including phenoxy) is 1. The molecule has 3 unspecified atom stereocenters. The van der Waals surface area contributed by atoms with Gasteiger partial charge in [0.1, 0.15) is 5.82 Å². The zero-order valence-corrected chi connectivity index (χ0v) is 14.1. The highest BCUT2D eigenvalue weighted by Gasteiger charge is 2.37. The van der Waals surface area contributed by atoms with Gasteiger partial charge in [0.2, 0.25) is 5.89 Å². The van der Waals surface area contributed by atoms with Crippen LogP contribution in [-0.4, -0.2) is 46.9 Å². The summed E-state index contributed by atoms with van der Waals surface area (Å²) < 4.78 is 24.9. The molecule has 1 aliphatic carbocycles. The highest BCUT2D eigenvalue weighted by molar-refractivity contribution is 5.56. The van der Waals surface area contributed by atoms with Crippen molar-refractivity contribution in [3.05, 3.63) is 42.2 Å². The van der Waals surface area contributed by atoms with Crippen molar-refractivity contribution >= 4 is 0 Å². The number of morpholine rings is 1. The fraction of sp³-hybridized carbons (Fsp3) is 0.526. The molecule has 134 valence electrons. The highest BCUT2D eigenvalue weighted by Crippen LogP contribution is 2.33. The molecule has 4 rings (SSSR count). The molecular formula is C19H23FN2O3. The third-order valence-corrected chi connectivity index (χ3v) is 5.31. The van der Waals surface area contributed by atoms with Crippen LogP contribution in [-0.2, 0) is 11.3 Å². The molecule has 0 amide bonds. The molecule has 2 fully saturated rings. The van der Waals surface area contributed by atoms with E-state index in [9.17, 15) is 9.50 Å². The summed E-state index contributed by atoms with van der Waals surface area (Å²) in [6.45, 7) is 2.69. The Kier molecular flexibility index (Phi) is 4.83. The molecule has 2 aromatic rings. The van der Waals surface area contributed by atoms with Gasteiger partial charge in [-0.3, -0.25) is 4.90 Å². The minimum absolute atomic E-state index is 0.191. The quantitative estimate of drug-likeness (QED) is 0.922. The lowest BCUT2D eigenvalue weighted by molar-refractivity contribution is -0.0562. The average Bonchev–Trinajstić information content (AvgIpc) is 3.25. The van der Waals surface area contributed by atoms with Crippen molar-refractivity contribution in [1.29, 1.82) is 0 Å². The van der Waals surface area contributed by atoms with Crippen LogP contribution in [0.4, 0.5) is 4.39 Å². The zero-order valence-electron chi connectivity index (χ0n) is 14.1. The first-order valence-corrected chi connectivity index (χ1v) is 8.91. The Morgan fingerprint density at radius 2 is 2.24 bits per heavy atom. The summed E-state index contributed by atoms with van der Waals surface area (Å²) >= 11 is 0. The summed E-state index contributed by atoms with van der Waals surface area (Å²) in [5.74, 6) is 1.13. The van der Waals surface area contributed by atoms with Crippen molar-refractivity contribution in [1.82, 2.24) is 9.88 Å². The molecule has 0 spiro atoms. The van der Waals surface area contributed by atoms with E-state index < -0.39 is 0 Å². The maximum atomic E-state index is 13.4. The number of nitrogens with zero attached hydrogens (tertiary/aromatic N) is 2. The molecule has 0 radical (unpaired) electrons. The van der Waals surface area contributed by atoms with Crippen LogP contribution in [0.15, 0.2) is 34.9 Å². The number of rotatable bonds is 4. The number of hydrogen-bond acceptors (Lipinski definition) is 5. The molecule has 25 heavy (non-hydrogen) atoms. The van der Waals surface area contributed by atoms with Gasteiger partial charge in [0.25, 0.3) is 0 Å². The van der Waals surface area contributed by atoms with E-state index >= 15 is 0 Å². The minimum atomic E-state index is -0.293. The summed E-state index contributed by atoms with van der Waals surface area (Å²) in [5, 5.41) is 10.2. The number of aliphatic hydroxyl groups excluding tert-OH is 1. The lowest BCUT2D eigenvalue weighted by atomic mass is 9.94. The van der Waals surface area contributed by atoms with E-state index in [4.69, 9.17) is 9.15 Å². The molecule has 2 heterocycles. The Balaban J connectivity index is 1.49. The predicted octanol–water partition coefficient (Wildman–Crippen LogP) is 2.84. The summed E-state index contributed by atoms with van der Waals surface area (Å²) in [4.78, 5) is 6.66. The third kappa shape index (κ3) is 3.61. The second-order valence-electron chi connectivity index (χ2n) is 6.90. The maximum absolute atomic E-state index is 13.4. The van der Waals surface area contributed by atoms with Crippen molar-refractivity contribution in [2.75, 3.05) is 19.8 Å². The van der Waals surface area contributed by atoms with Crippen molar-refractivity contribution in [3.63, 3.8) is 0 Å². The lowest BCUT2D eigenvalue weighted by Gasteiger charge is -2.39. The number of aromatic nitrogens is 1. The molecule has 1 N–H and O–H groups in total. The van der Waals surface area contributed by atoms with Crippen LogP contribution in [0.3, 0.4) is 0 Å². The molecule has 1 aromatic carbocycles. The van der Waals surface area contributed by atoms with Gasteiger partial charge in [-0.25, -0.2) is 9.37 Å². The van der Waals surface area contributed by atoms with Gasteiger partial charge in [-0.05, 0) is 25.0 Å². The minimum Gasteiger partial charge on any atom is -0.439 e. The molecule has 1 aliphatic heterocycles. The largest absolute Gasteiger partial charge is 0.439 e. The van der Waals surface area contributed by atoms with E-state index in [2.05, 4.69) is 9.88 Å². The molecule has 1 aromatic heterocycles. The van der Waals surface area contributed by atoms with Crippen molar-refractivity contribution in [2.24, 2.45) is 5.92 Å². The van der Waals surface area contributed by atoms with E-state index in [1.54, 1.807) is 18.3 Å². The SMILES string of the molecule is OC1CCCC1C1COCCN1Cc1ncc(-c2cccc(F)c2)o1. The van der Waals surface area contributed by atoms with E-state index in [1.807, 2.05) is 0 Å². The summed E-state index contributed by atoms with van der Waals surface area (Å²) in [7, 11) is 0. The topological polar surface area (TPSA) is 58.7 Å². The fourth-order valence-electron chi connectivity index (χ4n) is 4.00. The van der Waals surface area contributed by atoms with Crippen LogP contribution in [0.5, 0.6) is 0 Å². The van der Waals surface area contributed by atoms with Gasteiger partial charge in [0, 0.05) is 24.1 Å². The Morgan fingerprint density at radius 3 is 3.04 bits per heavy atom. The first kappa shape index (κ1) is 16.7. The summed E-state index contributed by atoms with van der Waals surface area (Å²) in [6.07, 6.45) is 4.37. The molecule has 5 nitrogen and oxygen atoms in total. The zero-order chi connectivity index (χ0) is 17.2. The number of hydrogen-bond donors (Lipinski definition) is 1. The van der Waals surface area contributed by atoms with Gasteiger partial charge in [0.15, 0.2) is 5.76 Å². The normalized spacial score (nSPS) is 27.7. The van der Waals surface area contributed by atoms with Gasteiger partial charge in [-0.2, -0.15) is 0 Å². The van der Waals surface area contributed by atoms with Crippen LogP contribution in [0.25, 0.3) is 11.3 Å². The second kappa shape index (κ2) is 7.23.